The zero-order chi connectivity index (χ0) is 18.5. The van der Waals surface area contributed by atoms with Gasteiger partial charge in [-0.3, -0.25) is 9.59 Å². The molecule has 0 radical (unpaired) electrons. The quantitative estimate of drug-likeness (QED) is 0.861. The molecule has 2 aromatic rings. The van der Waals surface area contributed by atoms with Crippen LogP contribution in [0, 0.1) is 0 Å². The minimum absolute atomic E-state index is 0.0882. The van der Waals surface area contributed by atoms with E-state index in [9.17, 15) is 9.59 Å². The maximum atomic E-state index is 12.6. The van der Waals surface area contributed by atoms with E-state index < -0.39 is 6.10 Å². The number of rotatable bonds is 5. The zero-order valence-electron chi connectivity index (χ0n) is 14.9. The Morgan fingerprint density at radius 3 is 2.58 bits per heavy atom. The lowest BCUT2D eigenvalue weighted by molar-refractivity contribution is -0.127. The van der Waals surface area contributed by atoms with Crippen molar-refractivity contribution >= 4 is 17.5 Å². The number of likely N-dealkylation sites (N-methyl/N-ethyl adjacent to an activating group) is 1. The van der Waals surface area contributed by atoms with Crippen molar-refractivity contribution in [2.24, 2.45) is 0 Å². The van der Waals surface area contributed by atoms with Gasteiger partial charge in [-0.1, -0.05) is 42.5 Å². The van der Waals surface area contributed by atoms with Crippen LogP contribution in [0.25, 0.3) is 0 Å². The molecule has 6 nitrogen and oxygen atoms in total. The van der Waals surface area contributed by atoms with Crippen molar-refractivity contribution < 1.29 is 14.3 Å². The van der Waals surface area contributed by atoms with E-state index in [0.717, 1.165) is 11.3 Å². The molecule has 0 unspecified atom stereocenters. The maximum absolute atomic E-state index is 12.6. The highest BCUT2D eigenvalue weighted by atomic mass is 16.5. The standard InChI is InChI=1S/C20H23N3O3/c1-14(15-8-4-3-5-9-15)22-19(24)13-23-12-18(20(25)21-2)26-17-11-7-6-10-16(17)23/h3-11,14,18H,12-13H2,1-2H3,(H,21,25)(H,22,24)/t14-,18-/m1/s1. The molecule has 2 N–H and O–H groups in total. The first kappa shape index (κ1) is 17.8. The topological polar surface area (TPSA) is 70.7 Å². The summed E-state index contributed by atoms with van der Waals surface area (Å²) in [5.41, 5.74) is 1.86. The number of amides is 2. The second kappa shape index (κ2) is 7.91. The highest BCUT2D eigenvalue weighted by Gasteiger charge is 2.31. The van der Waals surface area contributed by atoms with E-state index in [-0.39, 0.29) is 24.4 Å². The number of benzene rings is 2. The fourth-order valence-electron chi connectivity index (χ4n) is 3.04. The Balaban J connectivity index is 1.71. The van der Waals surface area contributed by atoms with Crippen LogP contribution in [0.4, 0.5) is 5.69 Å². The number of ether oxygens (including phenoxy) is 1. The number of fused-ring (bicyclic) bond motifs is 1. The van der Waals surface area contributed by atoms with E-state index in [1.54, 1.807) is 7.05 Å². The third kappa shape index (κ3) is 3.96. The summed E-state index contributed by atoms with van der Waals surface area (Å²) in [6.07, 6.45) is -0.644. The number of nitrogens with zero attached hydrogens (tertiary/aromatic N) is 1. The first-order chi connectivity index (χ1) is 12.6. The Morgan fingerprint density at radius 1 is 1.15 bits per heavy atom. The average Bonchev–Trinajstić information content (AvgIpc) is 2.67. The van der Waals surface area contributed by atoms with E-state index in [1.165, 1.54) is 0 Å². The van der Waals surface area contributed by atoms with E-state index in [2.05, 4.69) is 10.6 Å². The summed E-state index contributed by atoms with van der Waals surface area (Å²) in [7, 11) is 1.57. The van der Waals surface area contributed by atoms with Crippen molar-refractivity contribution in [3.05, 3.63) is 60.2 Å². The van der Waals surface area contributed by atoms with Crippen molar-refractivity contribution in [1.82, 2.24) is 10.6 Å². The number of carbonyl (C=O) groups excluding carboxylic acids is 2. The van der Waals surface area contributed by atoms with E-state index in [0.29, 0.717) is 12.3 Å². The molecule has 2 aromatic carbocycles. The Labute approximate surface area is 153 Å². The van der Waals surface area contributed by atoms with Gasteiger partial charge in [-0.25, -0.2) is 0 Å². The summed E-state index contributed by atoms with van der Waals surface area (Å²) in [5.74, 6) is 0.299. The number of anilines is 1. The van der Waals surface area contributed by atoms with Crippen molar-refractivity contribution in [2.45, 2.75) is 19.1 Å². The Bertz CT molecular complexity index is 779. The molecule has 0 aromatic heterocycles. The van der Waals surface area contributed by atoms with Crippen molar-refractivity contribution in [2.75, 3.05) is 25.0 Å². The number of para-hydroxylation sites is 2. The second-order valence-corrected chi connectivity index (χ2v) is 6.27. The van der Waals surface area contributed by atoms with Crippen LogP contribution in [0.1, 0.15) is 18.5 Å². The molecule has 1 aliphatic heterocycles. The van der Waals surface area contributed by atoms with Crippen LogP contribution in [0.3, 0.4) is 0 Å². The number of carbonyl (C=O) groups is 2. The Hall–Kier alpha value is -3.02. The van der Waals surface area contributed by atoms with Crippen molar-refractivity contribution in [1.29, 1.82) is 0 Å². The molecule has 6 heteroatoms. The van der Waals surface area contributed by atoms with Crippen LogP contribution in [-0.2, 0) is 9.59 Å². The summed E-state index contributed by atoms with van der Waals surface area (Å²) in [5, 5.41) is 5.61. The third-order valence-corrected chi connectivity index (χ3v) is 4.41. The summed E-state index contributed by atoms with van der Waals surface area (Å²) in [4.78, 5) is 26.4. The van der Waals surface area contributed by atoms with Crippen LogP contribution in [0.5, 0.6) is 5.75 Å². The van der Waals surface area contributed by atoms with Crippen LogP contribution in [-0.4, -0.2) is 38.1 Å². The highest BCUT2D eigenvalue weighted by Crippen LogP contribution is 2.32. The molecule has 1 heterocycles. The van der Waals surface area contributed by atoms with Gasteiger partial charge in [-0.05, 0) is 24.6 Å². The molecule has 2 amide bonds. The van der Waals surface area contributed by atoms with Crippen molar-refractivity contribution in [3.63, 3.8) is 0 Å². The van der Waals surface area contributed by atoms with Gasteiger partial charge in [-0.2, -0.15) is 0 Å². The summed E-state index contributed by atoms with van der Waals surface area (Å²) < 4.78 is 5.76. The monoisotopic (exact) mass is 353 g/mol. The maximum Gasteiger partial charge on any atom is 0.262 e. The molecule has 0 saturated heterocycles. The molecule has 0 spiro atoms. The summed E-state index contributed by atoms with van der Waals surface area (Å²) >= 11 is 0. The van der Waals surface area contributed by atoms with Gasteiger partial charge in [0.1, 0.15) is 5.75 Å². The third-order valence-electron chi connectivity index (χ3n) is 4.41. The van der Waals surface area contributed by atoms with E-state index in [1.807, 2.05) is 66.4 Å². The van der Waals surface area contributed by atoms with Crippen LogP contribution >= 0.6 is 0 Å². The van der Waals surface area contributed by atoms with Crippen molar-refractivity contribution in [3.8, 4) is 5.75 Å². The molecule has 0 fully saturated rings. The number of hydrogen-bond donors (Lipinski definition) is 2. The predicted molar refractivity (Wildman–Crippen MR) is 100 cm³/mol. The summed E-state index contributed by atoms with van der Waals surface area (Å²) in [6, 6.07) is 17.2. The molecular weight excluding hydrogens is 330 g/mol. The lowest BCUT2D eigenvalue weighted by Gasteiger charge is -2.35. The normalized spacial score (nSPS) is 16.8. The smallest absolute Gasteiger partial charge is 0.262 e. The molecule has 1 aliphatic rings. The van der Waals surface area contributed by atoms with Gasteiger partial charge in [0.25, 0.3) is 5.91 Å². The van der Waals surface area contributed by atoms with Crippen LogP contribution in [0.15, 0.2) is 54.6 Å². The van der Waals surface area contributed by atoms with E-state index >= 15 is 0 Å². The fraction of sp³-hybridized carbons (Fsp3) is 0.300. The zero-order valence-corrected chi connectivity index (χ0v) is 14.9. The Morgan fingerprint density at radius 2 is 1.85 bits per heavy atom. The number of nitrogens with one attached hydrogen (secondary N) is 2. The van der Waals surface area contributed by atoms with E-state index in [4.69, 9.17) is 4.74 Å². The van der Waals surface area contributed by atoms with Gasteiger partial charge in [0.05, 0.1) is 24.8 Å². The lowest BCUT2D eigenvalue weighted by Crippen LogP contribution is -2.50. The minimum Gasteiger partial charge on any atom is -0.477 e. The predicted octanol–water partition coefficient (Wildman–Crippen LogP) is 1.88. The van der Waals surface area contributed by atoms with Gasteiger partial charge in [0, 0.05) is 7.05 Å². The molecule has 2 atom stereocenters. The van der Waals surface area contributed by atoms with Crippen LogP contribution in [0.2, 0.25) is 0 Å². The minimum atomic E-state index is -0.644. The SMILES string of the molecule is CNC(=O)[C@H]1CN(CC(=O)N[C@H](C)c2ccccc2)c2ccccc2O1. The largest absolute Gasteiger partial charge is 0.477 e. The first-order valence-corrected chi connectivity index (χ1v) is 8.65. The average molecular weight is 353 g/mol. The molecule has 0 aliphatic carbocycles. The van der Waals surface area contributed by atoms with Gasteiger partial charge in [0.15, 0.2) is 6.10 Å². The molecular formula is C20H23N3O3. The lowest BCUT2D eigenvalue weighted by atomic mass is 10.1. The van der Waals surface area contributed by atoms with Gasteiger partial charge < -0.3 is 20.3 Å². The first-order valence-electron chi connectivity index (χ1n) is 8.65. The van der Waals surface area contributed by atoms with Crippen LogP contribution < -0.4 is 20.3 Å². The Kier molecular flexibility index (Phi) is 5.41. The fourth-order valence-corrected chi connectivity index (χ4v) is 3.04. The molecule has 0 bridgehead atoms. The van der Waals surface area contributed by atoms with Gasteiger partial charge in [0.2, 0.25) is 5.91 Å². The number of hydrogen-bond acceptors (Lipinski definition) is 4. The molecule has 0 saturated carbocycles. The summed E-state index contributed by atoms with van der Waals surface area (Å²) in [6.45, 7) is 2.43. The highest BCUT2D eigenvalue weighted by molar-refractivity contribution is 5.86. The van der Waals surface area contributed by atoms with Gasteiger partial charge in [-0.15, -0.1) is 0 Å². The molecule has 136 valence electrons. The molecule has 3 rings (SSSR count). The second-order valence-electron chi connectivity index (χ2n) is 6.27. The van der Waals surface area contributed by atoms with Gasteiger partial charge >= 0.3 is 0 Å². The molecule has 26 heavy (non-hydrogen) atoms.